The molecule has 0 aliphatic rings. The fourth-order valence-electron chi connectivity index (χ4n) is 6.05. The first-order valence-corrected chi connectivity index (χ1v) is 19.6. The monoisotopic (exact) mass is 836 g/mol. The molecule has 0 aromatic heterocycles. The van der Waals surface area contributed by atoms with E-state index in [1.54, 1.807) is 62.5 Å². The van der Waals surface area contributed by atoms with Crippen molar-refractivity contribution >= 4 is 29.9 Å². The number of aliphatic hydroxyl groups is 1. The van der Waals surface area contributed by atoms with Crippen LogP contribution in [0.2, 0.25) is 0 Å². The lowest BCUT2D eigenvalue weighted by Crippen LogP contribution is -2.52. The number of amides is 4. The summed E-state index contributed by atoms with van der Waals surface area (Å²) in [7, 11) is 4.57. The van der Waals surface area contributed by atoms with Gasteiger partial charge in [0.25, 0.3) is 5.91 Å². The Kier molecular flexibility index (Phi) is 20.0. The molecule has 4 aromatic rings. The van der Waals surface area contributed by atoms with Crippen LogP contribution in [-0.4, -0.2) is 113 Å². The third-order valence-electron chi connectivity index (χ3n) is 9.52. The van der Waals surface area contributed by atoms with Crippen LogP contribution in [0.15, 0.2) is 84.9 Å². The molecule has 0 saturated heterocycles. The fraction of sp³-hybridized carbons (Fsp3) is 0.333. The van der Waals surface area contributed by atoms with Crippen LogP contribution in [0, 0.1) is 18.3 Å². The number of nitriles is 1. The Morgan fingerprint density at radius 3 is 2.07 bits per heavy atom. The second-order valence-electron chi connectivity index (χ2n) is 13.7. The van der Waals surface area contributed by atoms with Gasteiger partial charge in [0.2, 0.25) is 17.7 Å². The number of aldehydes is 1. The van der Waals surface area contributed by atoms with Gasteiger partial charge in [-0.05, 0) is 86.6 Å². The molecule has 0 aliphatic heterocycles. The number of hydrogen-bond acceptors (Lipinski definition) is 12. The van der Waals surface area contributed by atoms with Crippen LogP contribution >= 0.6 is 0 Å². The molecule has 16 nitrogen and oxygen atoms in total. The molecule has 0 radical (unpaired) electrons. The third kappa shape index (κ3) is 14.0. The number of carbonyl (C=O) groups is 5. The number of rotatable bonds is 21. The minimum Gasteiger partial charge on any atom is -0.492 e. The van der Waals surface area contributed by atoms with E-state index in [2.05, 4.69) is 27.0 Å². The van der Waals surface area contributed by atoms with Crippen molar-refractivity contribution < 1.29 is 38.6 Å². The van der Waals surface area contributed by atoms with Crippen molar-refractivity contribution in [2.75, 3.05) is 60.6 Å². The lowest BCUT2D eigenvalue weighted by molar-refractivity contribution is -0.134. The number of nitrogens with two attached hydrogens (primary N) is 2. The molecule has 2 unspecified atom stereocenters. The van der Waals surface area contributed by atoms with Crippen molar-refractivity contribution in [3.63, 3.8) is 0 Å². The number of carbonyl (C=O) groups excluding carboxylic acids is 5. The largest absolute Gasteiger partial charge is 0.492 e. The van der Waals surface area contributed by atoms with Gasteiger partial charge in [-0.15, -0.1) is 0 Å². The zero-order valence-corrected chi connectivity index (χ0v) is 35.2. The highest BCUT2D eigenvalue weighted by Gasteiger charge is 2.26. The smallest absolute Gasteiger partial charge is 0.251 e. The van der Waals surface area contributed by atoms with Crippen LogP contribution in [-0.2, 0) is 25.6 Å². The summed E-state index contributed by atoms with van der Waals surface area (Å²) in [6.07, 6.45) is 0.629. The maximum absolute atomic E-state index is 13.4. The highest BCUT2D eigenvalue weighted by Crippen LogP contribution is 2.39. The van der Waals surface area contributed by atoms with Gasteiger partial charge < -0.3 is 57.0 Å². The minimum atomic E-state index is -1.09. The third-order valence-corrected chi connectivity index (χ3v) is 9.52. The van der Waals surface area contributed by atoms with E-state index in [9.17, 15) is 29.1 Å². The van der Waals surface area contributed by atoms with Gasteiger partial charge in [0, 0.05) is 36.7 Å². The quantitative estimate of drug-likeness (QED) is 0.0471. The van der Waals surface area contributed by atoms with Crippen molar-refractivity contribution in [1.29, 1.82) is 5.26 Å². The zero-order valence-electron chi connectivity index (χ0n) is 35.2. The van der Waals surface area contributed by atoms with Gasteiger partial charge in [0.1, 0.15) is 49.6 Å². The molecule has 4 aromatic carbocycles. The summed E-state index contributed by atoms with van der Waals surface area (Å²) in [4.78, 5) is 66.3. The summed E-state index contributed by atoms with van der Waals surface area (Å²) in [6, 6.07) is 24.2. The molecule has 0 saturated carbocycles. The number of nitrogens with zero attached hydrogens (tertiary/aromatic N) is 2. The van der Waals surface area contributed by atoms with Gasteiger partial charge in [-0.25, -0.2) is 0 Å². The summed E-state index contributed by atoms with van der Waals surface area (Å²) >= 11 is 0. The topological polar surface area (TPSA) is 251 Å². The molecule has 4 amide bonds. The number of hydrogen-bond donors (Lipinski definition) is 7. The average Bonchev–Trinajstić information content (AvgIpc) is 3.29. The SMILES string of the molecule is CN.CN[C@@H](C)C(=O)NC(Cc1ccc(OCCO)c(-c2cc(C(C=O)N(C)C(=O)CNC(=O)c3ccc(-c4ccc(C)cc4)cc3)ccc2OCCN)c1)C(=O)NCC#N. The molecule has 324 valence electrons. The van der Waals surface area contributed by atoms with Gasteiger partial charge in [-0.3, -0.25) is 19.2 Å². The van der Waals surface area contributed by atoms with E-state index in [-0.39, 0.29) is 45.9 Å². The second-order valence-corrected chi connectivity index (χ2v) is 13.7. The van der Waals surface area contributed by atoms with Crippen LogP contribution in [0.5, 0.6) is 11.5 Å². The van der Waals surface area contributed by atoms with E-state index in [0.29, 0.717) is 45.6 Å². The number of ether oxygens (including phenoxy) is 2. The van der Waals surface area contributed by atoms with E-state index in [1.165, 1.54) is 19.0 Å². The van der Waals surface area contributed by atoms with Crippen molar-refractivity contribution in [2.24, 2.45) is 11.5 Å². The molecule has 16 heteroatoms. The van der Waals surface area contributed by atoms with Gasteiger partial charge in [0.15, 0.2) is 0 Å². The molecular weight excluding hydrogens is 781 g/mol. The number of benzene rings is 4. The minimum absolute atomic E-state index is 0.0161. The molecule has 0 heterocycles. The molecule has 0 bridgehead atoms. The summed E-state index contributed by atoms with van der Waals surface area (Å²) in [5.74, 6) is -1.27. The Balaban J connectivity index is 0.00000489. The number of nitrogens with one attached hydrogen (secondary N) is 4. The molecule has 9 N–H and O–H groups in total. The van der Waals surface area contributed by atoms with E-state index < -0.39 is 41.8 Å². The highest BCUT2D eigenvalue weighted by molar-refractivity contribution is 5.97. The molecule has 3 atom stereocenters. The first kappa shape index (κ1) is 48.7. The Morgan fingerprint density at radius 1 is 0.869 bits per heavy atom. The number of likely N-dealkylation sites (N-methyl/N-ethyl adjacent to an activating group) is 2. The second kappa shape index (κ2) is 25.1. The Bertz CT molecular complexity index is 2120. The highest BCUT2D eigenvalue weighted by atomic mass is 16.5. The normalized spacial score (nSPS) is 11.9. The van der Waals surface area contributed by atoms with Crippen LogP contribution < -0.4 is 42.2 Å². The average molecular weight is 837 g/mol. The van der Waals surface area contributed by atoms with E-state index in [1.807, 2.05) is 49.4 Å². The van der Waals surface area contributed by atoms with E-state index in [0.717, 1.165) is 16.7 Å². The molecular formula is C45H56N8O8. The lowest BCUT2D eigenvalue weighted by Gasteiger charge is -2.26. The molecule has 0 fully saturated rings. The summed E-state index contributed by atoms with van der Waals surface area (Å²) in [6.45, 7) is 3.00. The van der Waals surface area contributed by atoms with Crippen molar-refractivity contribution in [3.8, 4) is 39.8 Å². The van der Waals surface area contributed by atoms with Gasteiger partial charge in [0.05, 0.1) is 25.3 Å². The number of aliphatic hydroxyl groups excluding tert-OH is 1. The summed E-state index contributed by atoms with van der Waals surface area (Å²) in [5.41, 5.74) is 15.6. The van der Waals surface area contributed by atoms with Crippen LogP contribution in [0.1, 0.15) is 40.0 Å². The van der Waals surface area contributed by atoms with Gasteiger partial charge in [-0.1, -0.05) is 54.1 Å². The van der Waals surface area contributed by atoms with E-state index in [4.69, 9.17) is 20.5 Å². The van der Waals surface area contributed by atoms with E-state index >= 15 is 0 Å². The van der Waals surface area contributed by atoms with Crippen LogP contribution in [0.4, 0.5) is 0 Å². The lowest BCUT2D eigenvalue weighted by atomic mass is 9.94. The number of aryl methyl sites for hydroxylation is 1. The molecule has 0 aliphatic carbocycles. The predicted octanol–water partition coefficient (Wildman–Crippen LogP) is 2.02. The molecule has 0 spiro atoms. The Hall–Kier alpha value is -6.64. The zero-order chi connectivity index (χ0) is 44.9. The van der Waals surface area contributed by atoms with Crippen LogP contribution in [0.25, 0.3) is 22.3 Å². The van der Waals surface area contributed by atoms with Crippen molar-refractivity contribution in [2.45, 2.75) is 38.4 Å². The van der Waals surface area contributed by atoms with Crippen molar-refractivity contribution in [3.05, 3.63) is 107 Å². The first-order chi connectivity index (χ1) is 29.4. The Morgan fingerprint density at radius 2 is 1.48 bits per heavy atom. The fourth-order valence-corrected chi connectivity index (χ4v) is 6.05. The maximum Gasteiger partial charge on any atom is 0.251 e. The van der Waals surface area contributed by atoms with Crippen LogP contribution in [0.3, 0.4) is 0 Å². The molecule has 61 heavy (non-hydrogen) atoms. The maximum atomic E-state index is 13.4. The predicted molar refractivity (Wildman–Crippen MR) is 232 cm³/mol. The standard InChI is InChI=1S/C44H51N7O8.CH5N/c1-28-5-8-31(9-6-28)32-10-12-33(13-11-32)43(56)49-26-41(54)51(4)38(27-53)34-14-16-40(58-21-18-46)36(25-34)35-23-30(7-15-39(35)59-22-20-52)24-37(44(57)48-19-17-45)50-42(55)29(2)47-3;1-2/h5-16,23,25,27,29,37-38,47,52H,18-22,24,26,46H2,1-4H3,(H,48,57)(H,49,56)(H,50,55);2H2,1H3/t29-,37?,38?;/m0./s1. The van der Waals surface area contributed by atoms with Gasteiger partial charge in [-0.2, -0.15) is 5.26 Å². The van der Waals surface area contributed by atoms with Gasteiger partial charge >= 0.3 is 0 Å². The van der Waals surface area contributed by atoms with Crippen molar-refractivity contribution in [1.82, 2.24) is 26.2 Å². The summed E-state index contributed by atoms with van der Waals surface area (Å²) < 4.78 is 11.9. The first-order valence-electron chi connectivity index (χ1n) is 19.6. The Labute approximate surface area is 356 Å². The summed E-state index contributed by atoms with van der Waals surface area (Å²) in [5, 5.41) is 29.4. The molecule has 4 rings (SSSR count).